The van der Waals surface area contributed by atoms with Crippen molar-refractivity contribution < 1.29 is 24.8 Å². The van der Waals surface area contributed by atoms with E-state index in [0.717, 1.165) is 12.8 Å². The zero-order valence-electron chi connectivity index (χ0n) is 14.1. The molecule has 0 bridgehead atoms. The lowest BCUT2D eigenvalue weighted by molar-refractivity contribution is -0.429. The molecule has 0 unspecified atom stereocenters. The van der Waals surface area contributed by atoms with Gasteiger partial charge in [0.2, 0.25) is 5.91 Å². The van der Waals surface area contributed by atoms with E-state index in [2.05, 4.69) is 24.9 Å². The molecule has 0 radical (unpaired) electrons. The van der Waals surface area contributed by atoms with Crippen LogP contribution in [0.25, 0.3) is 0 Å². The maximum absolute atomic E-state index is 12.0. The number of quaternary nitrogens is 1. The van der Waals surface area contributed by atoms with Gasteiger partial charge in [0.05, 0.1) is 12.7 Å². The van der Waals surface area contributed by atoms with Crippen molar-refractivity contribution >= 4 is 11.9 Å². The van der Waals surface area contributed by atoms with Crippen LogP contribution in [0.15, 0.2) is 11.6 Å². The number of hydrogen-bond donors (Lipinski definition) is 2. The normalized spacial score (nSPS) is 24.8. The van der Waals surface area contributed by atoms with Gasteiger partial charge in [-0.3, -0.25) is 4.79 Å². The van der Waals surface area contributed by atoms with Crippen LogP contribution in [0.1, 0.15) is 47.0 Å². The number of nitrogens with one attached hydrogen (secondary N) is 1. The summed E-state index contributed by atoms with van der Waals surface area (Å²) in [6, 6.07) is -0.357. The zero-order valence-corrected chi connectivity index (χ0v) is 14.1. The molecular formula is C16H29N2O4+. The molecule has 0 aromatic carbocycles. The van der Waals surface area contributed by atoms with Gasteiger partial charge in [0.1, 0.15) is 18.2 Å². The molecule has 0 aromatic heterocycles. The SMILES string of the molecule is CCOC(=O)C1=C[C@@H](OC(CC)CC)[C@H](NC(C)=O)[C@H]([NH3+])C1. The molecule has 1 aliphatic carbocycles. The molecule has 6 nitrogen and oxygen atoms in total. The smallest absolute Gasteiger partial charge is 0.334 e. The summed E-state index contributed by atoms with van der Waals surface area (Å²) in [7, 11) is 0. The molecule has 1 rings (SSSR count). The summed E-state index contributed by atoms with van der Waals surface area (Å²) in [4.78, 5) is 23.4. The first-order valence-corrected chi connectivity index (χ1v) is 8.06. The van der Waals surface area contributed by atoms with Gasteiger partial charge in [-0.1, -0.05) is 13.8 Å². The van der Waals surface area contributed by atoms with E-state index in [1.54, 1.807) is 13.0 Å². The van der Waals surface area contributed by atoms with E-state index in [1.807, 2.05) is 0 Å². The van der Waals surface area contributed by atoms with Gasteiger partial charge in [-0.2, -0.15) is 0 Å². The molecule has 0 spiro atoms. The highest BCUT2D eigenvalue weighted by molar-refractivity contribution is 5.89. The van der Waals surface area contributed by atoms with Gasteiger partial charge in [0.15, 0.2) is 0 Å². The topological polar surface area (TPSA) is 92.3 Å². The Kier molecular flexibility index (Phi) is 7.55. The van der Waals surface area contributed by atoms with Gasteiger partial charge >= 0.3 is 5.97 Å². The van der Waals surface area contributed by atoms with Crippen molar-refractivity contribution in [3.8, 4) is 0 Å². The maximum atomic E-state index is 12.0. The summed E-state index contributed by atoms with van der Waals surface area (Å²) >= 11 is 0. The average Bonchev–Trinajstić information content (AvgIpc) is 2.47. The van der Waals surface area contributed by atoms with E-state index >= 15 is 0 Å². The Balaban J connectivity index is 2.98. The van der Waals surface area contributed by atoms with Gasteiger partial charge in [-0.05, 0) is 25.8 Å². The van der Waals surface area contributed by atoms with E-state index in [-0.39, 0.29) is 36.2 Å². The minimum absolute atomic E-state index is 0.0891. The van der Waals surface area contributed by atoms with Crippen molar-refractivity contribution in [3.63, 3.8) is 0 Å². The van der Waals surface area contributed by atoms with Gasteiger partial charge in [0, 0.05) is 18.9 Å². The lowest BCUT2D eigenvalue weighted by atomic mass is 9.88. The molecular weight excluding hydrogens is 284 g/mol. The molecule has 6 heteroatoms. The van der Waals surface area contributed by atoms with Gasteiger partial charge in [-0.15, -0.1) is 0 Å². The molecule has 0 heterocycles. The molecule has 126 valence electrons. The Morgan fingerprint density at radius 2 is 2.00 bits per heavy atom. The summed E-state index contributed by atoms with van der Waals surface area (Å²) in [5.74, 6) is -0.444. The van der Waals surface area contributed by atoms with E-state index in [9.17, 15) is 9.59 Å². The third-order valence-electron chi connectivity index (χ3n) is 3.88. The quantitative estimate of drug-likeness (QED) is 0.672. The monoisotopic (exact) mass is 313 g/mol. The first-order valence-electron chi connectivity index (χ1n) is 8.06. The van der Waals surface area contributed by atoms with Gasteiger partial charge < -0.3 is 20.5 Å². The fourth-order valence-electron chi connectivity index (χ4n) is 2.68. The van der Waals surface area contributed by atoms with Crippen LogP contribution in [0.2, 0.25) is 0 Å². The van der Waals surface area contributed by atoms with Gasteiger partial charge in [-0.25, -0.2) is 4.79 Å². The molecule has 22 heavy (non-hydrogen) atoms. The number of carbonyl (C=O) groups excluding carboxylic acids is 2. The Morgan fingerprint density at radius 1 is 1.36 bits per heavy atom. The second kappa shape index (κ2) is 8.90. The van der Waals surface area contributed by atoms with E-state index in [4.69, 9.17) is 9.47 Å². The molecule has 0 aliphatic heterocycles. The maximum Gasteiger partial charge on any atom is 0.334 e. The molecule has 4 N–H and O–H groups in total. The highest BCUT2D eigenvalue weighted by Gasteiger charge is 2.38. The molecule has 1 aliphatic rings. The van der Waals surface area contributed by atoms with Crippen LogP contribution in [-0.2, 0) is 19.1 Å². The number of hydrogen-bond acceptors (Lipinski definition) is 4. The number of carbonyl (C=O) groups is 2. The molecule has 0 fully saturated rings. The van der Waals surface area contributed by atoms with Crippen molar-refractivity contribution in [2.75, 3.05) is 6.61 Å². The highest BCUT2D eigenvalue weighted by Crippen LogP contribution is 2.23. The lowest BCUT2D eigenvalue weighted by Gasteiger charge is -2.34. The third kappa shape index (κ3) is 5.10. The summed E-state index contributed by atoms with van der Waals surface area (Å²) < 4.78 is 11.2. The minimum Gasteiger partial charge on any atom is -0.463 e. The predicted molar refractivity (Wildman–Crippen MR) is 82.9 cm³/mol. The summed E-state index contributed by atoms with van der Waals surface area (Å²) in [5, 5.41) is 2.90. The molecule has 1 amide bonds. The van der Waals surface area contributed by atoms with Crippen molar-refractivity contribution in [3.05, 3.63) is 11.6 Å². The second-order valence-electron chi connectivity index (χ2n) is 5.64. The lowest BCUT2D eigenvalue weighted by Crippen LogP contribution is -2.73. The average molecular weight is 313 g/mol. The Hall–Kier alpha value is -1.40. The minimum atomic E-state index is -0.357. The second-order valence-corrected chi connectivity index (χ2v) is 5.64. The van der Waals surface area contributed by atoms with Crippen LogP contribution >= 0.6 is 0 Å². The van der Waals surface area contributed by atoms with Crippen molar-refractivity contribution in [2.45, 2.75) is 71.2 Å². The standard InChI is InChI=1S/C16H28N2O4/c1-5-12(6-2)22-14-9-11(16(20)21-7-3)8-13(17)15(14)18-10(4)19/h9,12-15H,5-8,17H2,1-4H3,(H,18,19)/p+1/t13-,14-,15-/m1/s1. The first-order chi connectivity index (χ1) is 10.4. The number of esters is 1. The largest absolute Gasteiger partial charge is 0.463 e. The van der Waals surface area contributed by atoms with Crippen LogP contribution in [0, 0.1) is 0 Å². The van der Waals surface area contributed by atoms with E-state index in [0.29, 0.717) is 18.6 Å². The zero-order chi connectivity index (χ0) is 16.7. The van der Waals surface area contributed by atoms with E-state index in [1.165, 1.54) is 6.92 Å². The Labute approximate surface area is 132 Å². The van der Waals surface area contributed by atoms with Crippen LogP contribution in [0.5, 0.6) is 0 Å². The highest BCUT2D eigenvalue weighted by atomic mass is 16.5. The fraction of sp³-hybridized carbons (Fsp3) is 0.750. The van der Waals surface area contributed by atoms with Crippen molar-refractivity contribution in [1.82, 2.24) is 5.32 Å². The van der Waals surface area contributed by atoms with Crippen LogP contribution < -0.4 is 11.1 Å². The fourth-order valence-corrected chi connectivity index (χ4v) is 2.68. The van der Waals surface area contributed by atoms with Crippen LogP contribution in [0.3, 0.4) is 0 Å². The Morgan fingerprint density at radius 3 is 2.50 bits per heavy atom. The van der Waals surface area contributed by atoms with E-state index < -0.39 is 0 Å². The third-order valence-corrected chi connectivity index (χ3v) is 3.88. The predicted octanol–water partition coefficient (Wildman–Crippen LogP) is 0.569. The number of rotatable bonds is 7. The number of ether oxygens (including phenoxy) is 2. The van der Waals surface area contributed by atoms with Crippen molar-refractivity contribution in [1.29, 1.82) is 0 Å². The summed E-state index contributed by atoms with van der Waals surface area (Å²) in [6.07, 6.45) is 3.76. The summed E-state index contributed by atoms with van der Waals surface area (Å²) in [5.41, 5.74) is 4.67. The molecule has 0 saturated carbocycles. The number of amides is 1. The molecule has 0 saturated heterocycles. The van der Waals surface area contributed by atoms with Crippen LogP contribution in [0.4, 0.5) is 0 Å². The van der Waals surface area contributed by atoms with Gasteiger partial charge in [0.25, 0.3) is 0 Å². The molecule has 0 aromatic rings. The first kappa shape index (κ1) is 18.6. The Bertz CT molecular complexity index is 418. The summed E-state index contributed by atoms with van der Waals surface area (Å²) in [6.45, 7) is 7.71. The van der Waals surface area contributed by atoms with Crippen LogP contribution in [-0.4, -0.2) is 42.8 Å². The molecule has 3 atom stereocenters. The van der Waals surface area contributed by atoms with Crippen molar-refractivity contribution in [2.24, 2.45) is 0 Å².